The number of hydrogen-bond donors (Lipinski definition) is 1. The maximum absolute atomic E-state index is 13.2. The average molecular weight is 426 g/mol. The number of ether oxygens (including phenoxy) is 1. The first kappa shape index (κ1) is 22.0. The number of anilines is 2. The molecule has 1 N–H and O–H groups in total. The number of rotatable bonds is 8. The van der Waals surface area contributed by atoms with Crippen molar-refractivity contribution in [2.24, 2.45) is 0 Å². The van der Waals surface area contributed by atoms with Crippen LogP contribution in [0.2, 0.25) is 0 Å². The summed E-state index contributed by atoms with van der Waals surface area (Å²) in [7, 11) is -0.198. The molecule has 2 aromatic carbocycles. The van der Waals surface area contributed by atoms with E-state index >= 15 is 0 Å². The molecule has 0 heterocycles. The van der Waals surface area contributed by atoms with Crippen LogP contribution in [0.3, 0.4) is 0 Å². The van der Waals surface area contributed by atoms with Gasteiger partial charge in [0.2, 0.25) is 5.91 Å². The van der Waals surface area contributed by atoms with Gasteiger partial charge in [0.15, 0.2) is 0 Å². The minimum absolute atomic E-state index is 0.00741. The van der Waals surface area contributed by atoms with Gasteiger partial charge in [-0.2, -0.15) is 12.7 Å². The average Bonchev–Trinajstić information content (AvgIpc) is 2.66. The highest BCUT2D eigenvalue weighted by molar-refractivity contribution is 7.90. The van der Waals surface area contributed by atoms with Gasteiger partial charge in [0, 0.05) is 26.2 Å². The third-order valence-corrected chi connectivity index (χ3v) is 5.63. The van der Waals surface area contributed by atoms with Crippen molar-refractivity contribution in [1.29, 1.82) is 0 Å². The van der Waals surface area contributed by atoms with Crippen molar-refractivity contribution in [3.63, 3.8) is 0 Å². The summed E-state index contributed by atoms with van der Waals surface area (Å²) < 4.78 is 45.2. The summed E-state index contributed by atoms with van der Waals surface area (Å²) in [5.74, 6) is -1.19. The van der Waals surface area contributed by atoms with Crippen LogP contribution >= 0.6 is 0 Å². The van der Waals surface area contributed by atoms with Crippen LogP contribution < -0.4 is 14.4 Å². The lowest BCUT2D eigenvalue weighted by molar-refractivity contribution is -0.384. The summed E-state index contributed by atoms with van der Waals surface area (Å²) in [6.45, 7) is -0.655. The Labute approximate surface area is 166 Å². The molecule has 12 heteroatoms. The van der Waals surface area contributed by atoms with E-state index in [-0.39, 0.29) is 22.8 Å². The SMILES string of the molecule is COc1ccc([N+](=O)[O-])cc1NC(=O)CN(c1ccc(F)cc1)S(=O)(=O)N(C)C. The van der Waals surface area contributed by atoms with Gasteiger partial charge < -0.3 is 10.1 Å². The third kappa shape index (κ3) is 5.18. The van der Waals surface area contributed by atoms with Crippen molar-refractivity contribution in [3.8, 4) is 5.75 Å². The number of halogens is 1. The van der Waals surface area contributed by atoms with E-state index in [0.29, 0.717) is 0 Å². The number of carbonyl (C=O) groups is 1. The standard InChI is InChI=1S/C17H19FN4O6S/c1-20(2)29(26,27)21(13-6-4-12(18)5-7-13)11-17(23)19-15-10-14(22(24)25)8-9-16(15)28-3/h4-10H,11H2,1-3H3,(H,19,23). The van der Waals surface area contributed by atoms with E-state index < -0.39 is 33.4 Å². The molecule has 0 unspecified atom stereocenters. The first-order valence-electron chi connectivity index (χ1n) is 8.14. The number of amides is 1. The number of hydrogen-bond acceptors (Lipinski definition) is 6. The predicted octanol–water partition coefficient (Wildman–Crippen LogP) is 1.99. The van der Waals surface area contributed by atoms with E-state index in [0.717, 1.165) is 26.8 Å². The van der Waals surface area contributed by atoms with Gasteiger partial charge in [-0.05, 0) is 30.3 Å². The Morgan fingerprint density at radius 1 is 1.21 bits per heavy atom. The van der Waals surface area contributed by atoms with Crippen molar-refractivity contribution < 1.29 is 27.3 Å². The van der Waals surface area contributed by atoms with Gasteiger partial charge >= 0.3 is 10.2 Å². The van der Waals surface area contributed by atoms with Gasteiger partial charge in [0.05, 0.1) is 23.4 Å². The van der Waals surface area contributed by atoms with E-state index in [9.17, 15) is 27.7 Å². The van der Waals surface area contributed by atoms with Gasteiger partial charge in [-0.1, -0.05) is 0 Å². The highest BCUT2D eigenvalue weighted by Gasteiger charge is 2.28. The van der Waals surface area contributed by atoms with E-state index in [1.165, 1.54) is 45.5 Å². The van der Waals surface area contributed by atoms with Crippen molar-refractivity contribution in [3.05, 3.63) is 58.4 Å². The molecule has 0 saturated heterocycles. The molecule has 0 bridgehead atoms. The monoisotopic (exact) mass is 426 g/mol. The fourth-order valence-electron chi connectivity index (χ4n) is 2.34. The Bertz CT molecular complexity index is 1010. The van der Waals surface area contributed by atoms with Gasteiger partial charge in [0.1, 0.15) is 18.1 Å². The zero-order valence-corrected chi connectivity index (χ0v) is 16.6. The number of nitro groups is 1. The number of nitrogens with zero attached hydrogens (tertiary/aromatic N) is 3. The lowest BCUT2D eigenvalue weighted by atomic mass is 10.2. The molecule has 29 heavy (non-hydrogen) atoms. The minimum atomic E-state index is -4.09. The summed E-state index contributed by atoms with van der Waals surface area (Å²) in [4.78, 5) is 22.9. The lowest BCUT2D eigenvalue weighted by Crippen LogP contribution is -2.44. The molecule has 0 fully saturated rings. The molecule has 0 aromatic heterocycles. The normalized spacial score (nSPS) is 11.2. The third-order valence-electron chi connectivity index (χ3n) is 3.81. The van der Waals surface area contributed by atoms with Gasteiger partial charge in [0.25, 0.3) is 5.69 Å². The molecule has 0 aliphatic carbocycles. The second-order valence-corrected chi connectivity index (χ2v) is 8.03. The fourth-order valence-corrected chi connectivity index (χ4v) is 3.40. The van der Waals surface area contributed by atoms with Crippen LogP contribution in [0.5, 0.6) is 5.75 Å². The number of non-ortho nitro benzene ring substituents is 1. The Morgan fingerprint density at radius 3 is 2.34 bits per heavy atom. The van der Waals surface area contributed by atoms with E-state index in [4.69, 9.17) is 4.74 Å². The molecule has 2 rings (SSSR count). The summed E-state index contributed by atoms with van der Waals surface area (Å²) >= 11 is 0. The summed E-state index contributed by atoms with van der Waals surface area (Å²) in [5.41, 5.74) is -0.202. The zero-order chi connectivity index (χ0) is 21.8. The number of methoxy groups -OCH3 is 1. The van der Waals surface area contributed by atoms with Crippen LogP contribution in [-0.2, 0) is 15.0 Å². The van der Waals surface area contributed by atoms with Gasteiger partial charge in [-0.25, -0.2) is 8.70 Å². The Kier molecular flexibility index (Phi) is 6.72. The van der Waals surface area contributed by atoms with Crippen molar-refractivity contribution in [1.82, 2.24) is 4.31 Å². The molecule has 0 saturated carbocycles. The van der Waals surface area contributed by atoms with Gasteiger partial charge in [-0.3, -0.25) is 14.9 Å². The molecule has 0 aliphatic heterocycles. The second-order valence-electron chi connectivity index (χ2n) is 5.96. The van der Waals surface area contributed by atoms with Crippen molar-refractivity contribution in [2.75, 3.05) is 37.4 Å². The topological polar surface area (TPSA) is 122 Å². The maximum Gasteiger partial charge on any atom is 0.304 e. The van der Waals surface area contributed by atoms with E-state index in [1.54, 1.807) is 0 Å². The highest BCUT2D eigenvalue weighted by Crippen LogP contribution is 2.29. The first-order chi connectivity index (χ1) is 13.6. The van der Waals surface area contributed by atoms with Crippen LogP contribution in [0.25, 0.3) is 0 Å². The van der Waals surface area contributed by atoms with Gasteiger partial charge in [-0.15, -0.1) is 0 Å². The second kappa shape index (κ2) is 8.84. The Balaban J connectivity index is 2.35. The molecule has 0 aliphatic rings. The smallest absolute Gasteiger partial charge is 0.304 e. The fraction of sp³-hybridized carbons (Fsp3) is 0.235. The quantitative estimate of drug-likeness (QED) is 0.509. The molecular formula is C17H19FN4O6S. The van der Waals surface area contributed by atoms with Crippen molar-refractivity contribution in [2.45, 2.75) is 0 Å². The number of nitro benzene ring substituents is 1. The molecule has 0 radical (unpaired) electrons. The maximum atomic E-state index is 13.2. The summed E-state index contributed by atoms with van der Waals surface area (Å²) in [5, 5.41) is 13.4. The molecular weight excluding hydrogens is 407 g/mol. The van der Waals surface area contributed by atoms with Crippen LogP contribution in [-0.4, -0.2) is 51.3 Å². The summed E-state index contributed by atoms with van der Waals surface area (Å²) in [6, 6.07) is 8.18. The molecule has 1 amide bonds. The van der Waals surface area contributed by atoms with Crippen LogP contribution in [0, 0.1) is 15.9 Å². The molecule has 2 aromatic rings. The largest absolute Gasteiger partial charge is 0.495 e. The lowest BCUT2D eigenvalue weighted by Gasteiger charge is -2.27. The predicted molar refractivity (Wildman–Crippen MR) is 105 cm³/mol. The number of benzene rings is 2. The van der Waals surface area contributed by atoms with Crippen LogP contribution in [0.4, 0.5) is 21.5 Å². The molecule has 10 nitrogen and oxygen atoms in total. The Morgan fingerprint density at radius 2 is 1.83 bits per heavy atom. The minimum Gasteiger partial charge on any atom is -0.495 e. The van der Waals surface area contributed by atoms with E-state index in [2.05, 4.69) is 5.32 Å². The van der Waals surface area contributed by atoms with Crippen molar-refractivity contribution >= 4 is 33.2 Å². The van der Waals surface area contributed by atoms with E-state index in [1.807, 2.05) is 0 Å². The molecule has 0 atom stereocenters. The summed E-state index contributed by atoms with van der Waals surface area (Å²) in [6.07, 6.45) is 0. The Hall–Kier alpha value is -3.25. The molecule has 156 valence electrons. The zero-order valence-electron chi connectivity index (χ0n) is 15.8. The van der Waals surface area contributed by atoms with Crippen LogP contribution in [0.15, 0.2) is 42.5 Å². The molecule has 0 spiro atoms. The first-order valence-corrected chi connectivity index (χ1v) is 9.54. The highest BCUT2D eigenvalue weighted by atomic mass is 32.2. The number of carbonyl (C=O) groups excluding carboxylic acids is 1. The number of nitrogens with one attached hydrogen (secondary N) is 1. The van der Waals surface area contributed by atoms with Crippen LogP contribution in [0.1, 0.15) is 0 Å².